The Labute approximate surface area is 183 Å². The van der Waals surface area contributed by atoms with Crippen molar-refractivity contribution in [1.82, 2.24) is 15.1 Å². The molecule has 0 fully saturated rings. The average Bonchev–Trinajstić information content (AvgIpc) is 3.19. The van der Waals surface area contributed by atoms with Crippen molar-refractivity contribution in [3.05, 3.63) is 76.6 Å². The number of H-pyrrole nitrogens is 1. The molecule has 2 heterocycles. The maximum absolute atomic E-state index is 12.7. The topological polar surface area (TPSA) is 70.2 Å². The molecule has 0 saturated heterocycles. The van der Waals surface area contributed by atoms with E-state index in [0.29, 0.717) is 17.2 Å². The molecule has 0 atom stereocenters. The number of amides is 1. The van der Waals surface area contributed by atoms with Gasteiger partial charge in [-0.2, -0.15) is 5.10 Å². The zero-order valence-electron chi connectivity index (χ0n) is 18.4. The molecule has 6 nitrogen and oxygen atoms in total. The summed E-state index contributed by atoms with van der Waals surface area (Å²) in [5.74, 6) is 1.00. The number of aromatic nitrogens is 2. The van der Waals surface area contributed by atoms with Crippen molar-refractivity contribution in [3.8, 4) is 5.75 Å². The number of hydrogen-bond donors (Lipinski definition) is 2. The van der Waals surface area contributed by atoms with Crippen LogP contribution in [0.5, 0.6) is 5.75 Å². The van der Waals surface area contributed by atoms with Crippen LogP contribution in [0.4, 0.5) is 5.69 Å². The lowest BCUT2D eigenvalue weighted by molar-refractivity contribution is 0.102. The smallest absolute Gasteiger partial charge is 0.259 e. The number of methoxy groups -OCH3 is 1. The van der Waals surface area contributed by atoms with Crippen LogP contribution in [-0.2, 0) is 25.9 Å². The Morgan fingerprint density at radius 3 is 2.84 bits per heavy atom. The summed E-state index contributed by atoms with van der Waals surface area (Å²) in [6, 6.07) is 15.6. The molecule has 2 N–H and O–H groups in total. The molecule has 0 bridgehead atoms. The Kier molecular flexibility index (Phi) is 6.37. The minimum absolute atomic E-state index is 0.166. The molecule has 0 unspecified atom stereocenters. The van der Waals surface area contributed by atoms with Crippen molar-refractivity contribution in [3.63, 3.8) is 0 Å². The number of aromatic amines is 1. The maximum Gasteiger partial charge on any atom is 0.259 e. The first-order chi connectivity index (χ1) is 15.0. The summed E-state index contributed by atoms with van der Waals surface area (Å²) in [7, 11) is 1.57. The number of benzene rings is 2. The van der Waals surface area contributed by atoms with E-state index in [1.54, 1.807) is 19.2 Å². The molecule has 4 rings (SSSR count). The highest BCUT2D eigenvalue weighted by molar-refractivity contribution is 6.06. The van der Waals surface area contributed by atoms with Crippen LogP contribution in [0, 0.1) is 5.92 Å². The van der Waals surface area contributed by atoms with Crippen LogP contribution >= 0.6 is 0 Å². The van der Waals surface area contributed by atoms with Crippen LogP contribution in [0.1, 0.15) is 46.7 Å². The zero-order chi connectivity index (χ0) is 21.8. The van der Waals surface area contributed by atoms with Gasteiger partial charge in [0.1, 0.15) is 5.75 Å². The number of carbonyl (C=O) groups excluding carboxylic acids is 1. The van der Waals surface area contributed by atoms with Gasteiger partial charge in [0.15, 0.2) is 0 Å². The number of anilines is 1. The number of ether oxygens (including phenoxy) is 1. The summed E-state index contributed by atoms with van der Waals surface area (Å²) in [6.45, 7) is 7.13. The predicted molar refractivity (Wildman–Crippen MR) is 122 cm³/mol. The first-order valence-corrected chi connectivity index (χ1v) is 10.8. The third-order valence-corrected chi connectivity index (χ3v) is 5.60. The molecule has 162 valence electrons. The minimum Gasteiger partial charge on any atom is -0.496 e. The van der Waals surface area contributed by atoms with E-state index in [9.17, 15) is 4.79 Å². The number of carbonyl (C=O) groups is 1. The first kappa shape index (κ1) is 21.1. The molecule has 1 amide bonds. The maximum atomic E-state index is 12.7. The minimum atomic E-state index is -0.166. The van der Waals surface area contributed by atoms with E-state index in [1.807, 2.05) is 18.2 Å². The molecule has 0 radical (unpaired) electrons. The fourth-order valence-electron chi connectivity index (χ4n) is 4.11. The van der Waals surface area contributed by atoms with E-state index >= 15 is 0 Å². The van der Waals surface area contributed by atoms with Gasteiger partial charge in [0, 0.05) is 31.0 Å². The standard InChI is InChI=1S/C25H30N4O2/c1-17(2)12-21-14-22(28-27-21)16-29-11-10-18-8-9-20(13-19(18)15-29)26-25(30)23-6-4-5-7-24(23)31-3/h4-9,13-14,17H,10-12,15-16H2,1-3H3,(H,26,30)(H,27,28). The van der Waals surface area contributed by atoms with Crippen molar-refractivity contribution >= 4 is 11.6 Å². The van der Waals surface area contributed by atoms with Gasteiger partial charge in [-0.3, -0.25) is 14.8 Å². The lowest BCUT2D eigenvalue weighted by atomic mass is 9.98. The summed E-state index contributed by atoms with van der Waals surface area (Å²) in [5.41, 5.74) is 6.21. The van der Waals surface area contributed by atoms with Crippen LogP contribution in [0.15, 0.2) is 48.5 Å². The van der Waals surface area contributed by atoms with Crippen molar-refractivity contribution in [2.45, 2.75) is 39.8 Å². The van der Waals surface area contributed by atoms with Gasteiger partial charge in [-0.1, -0.05) is 32.0 Å². The van der Waals surface area contributed by atoms with Gasteiger partial charge in [0.2, 0.25) is 0 Å². The van der Waals surface area contributed by atoms with Crippen molar-refractivity contribution in [2.75, 3.05) is 19.0 Å². The Balaban J connectivity index is 1.43. The predicted octanol–water partition coefficient (Wildman–Crippen LogP) is 4.43. The second kappa shape index (κ2) is 9.35. The summed E-state index contributed by atoms with van der Waals surface area (Å²) < 4.78 is 5.31. The van der Waals surface area contributed by atoms with Gasteiger partial charge >= 0.3 is 0 Å². The van der Waals surface area contributed by atoms with Crippen LogP contribution in [0.3, 0.4) is 0 Å². The highest BCUT2D eigenvalue weighted by Crippen LogP contribution is 2.25. The molecule has 1 aliphatic heterocycles. The van der Waals surface area contributed by atoms with Crippen LogP contribution in [0.25, 0.3) is 0 Å². The van der Waals surface area contributed by atoms with Gasteiger partial charge in [-0.15, -0.1) is 0 Å². The third-order valence-electron chi connectivity index (χ3n) is 5.60. The van der Waals surface area contributed by atoms with Gasteiger partial charge < -0.3 is 10.1 Å². The lowest BCUT2D eigenvalue weighted by Gasteiger charge is -2.28. The monoisotopic (exact) mass is 418 g/mol. The van der Waals surface area contributed by atoms with E-state index in [0.717, 1.165) is 49.6 Å². The first-order valence-electron chi connectivity index (χ1n) is 10.8. The highest BCUT2D eigenvalue weighted by Gasteiger charge is 2.19. The SMILES string of the molecule is COc1ccccc1C(=O)Nc1ccc2c(c1)CN(Cc1cc(CC(C)C)n[nH]1)CC2. The average molecular weight is 419 g/mol. The lowest BCUT2D eigenvalue weighted by Crippen LogP contribution is -2.30. The normalized spacial score (nSPS) is 13.8. The molecule has 2 aromatic carbocycles. The molecule has 1 aromatic heterocycles. The van der Waals surface area contributed by atoms with Crippen LogP contribution in [0.2, 0.25) is 0 Å². The fourth-order valence-corrected chi connectivity index (χ4v) is 4.11. The molecule has 0 aliphatic carbocycles. The molecular formula is C25H30N4O2. The summed E-state index contributed by atoms with van der Waals surface area (Å²) >= 11 is 0. The molecule has 6 heteroatoms. The number of nitrogens with one attached hydrogen (secondary N) is 2. The molecule has 3 aromatic rings. The number of hydrogen-bond acceptors (Lipinski definition) is 4. The van der Waals surface area contributed by atoms with Gasteiger partial charge in [0.25, 0.3) is 5.91 Å². The Morgan fingerprint density at radius 1 is 1.19 bits per heavy atom. The van der Waals surface area contributed by atoms with Gasteiger partial charge in [0.05, 0.1) is 18.4 Å². The highest BCUT2D eigenvalue weighted by atomic mass is 16.5. The van der Waals surface area contributed by atoms with Crippen LogP contribution in [-0.4, -0.2) is 34.7 Å². The molecule has 0 spiro atoms. The third kappa shape index (κ3) is 5.14. The number of para-hydroxylation sites is 1. The molecule has 0 saturated carbocycles. The second-order valence-corrected chi connectivity index (χ2v) is 8.58. The molecule has 1 aliphatic rings. The summed E-state index contributed by atoms with van der Waals surface area (Å²) in [4.78, 5) is 15.2. The van der Waals surface area contributed by atoms with Gasteiger partial charge in [-0.25, -0.2) is 0 Å². The number of rotatable bonds is 7. The summed E-state index contributed by atoms with van der Waals surface area (Å²) in [5, 5.41) is 10.7. The van der Waals surface area contributed by atoms with E-state index in [4.69, 9.17) is 4.74 Å². The Hall–Kier alpha value is -3.12. The Bertz CT molecular complexity index is 1060. The van der Waals surface area contributed by atoms with Crippen molar-refractivity contribution in [1.29, 1.82) is 0 Å². The van der Waals surface area contributed by atoms with Crippen molar-refractivity contribution < 1.29 is 9.53 Å². The summed E-state index contributed by atoms with van der Waals surface area (Å²) in [6.07, 6.45) is 2.00. The number of nitrogens with zero attached hydrogens (tertiary/aromatic N) is 2. The zero-order valence-corrected chi connectivity index (χ0v) is 18.4. The van der Waals surface area contributed by atoms with E-state index in [1.165, 1.54) is 11.1 Å². The van der Waals surface area contributed by atoms with Gasteiger partial charge in [-0.05, 0) is 60.2 Å². The van der Waals surface area contributed by atoms with E-state index < -0.39 is 0 Å². The Morgan fingerprint density at radius 2 is 2.03 bits per heavy atom. The largest absolute Gasteiger partial charge is 0.496 e. The fraction of sp³-hybridized carbons (Fsp3) is 0.360. The van der Waals surface area contributed by atoms with Crippen LogP contribution < -0.4 is 10.1 Å². The molecule has 31 heavy (non-hydrogen) atoms. The molecular weight excluding hydrogens is 388 g/mol. The second-order valence-electron chi connectivity index (χ2n) is 8.58. The van der Waals surface area contributed by atoms with E-state index in [-0.39, 0.29) is 5.91 Å². The van der Waals surface area contributed by atoms with E-state index in [2.05, 4.69) is 52.5 Å². The number of fused-ring (bicyclic) bond motifs is 1. The van der Waals surface area contributed by atoms with Crippen molar-refractivity contribution in [2.24, 2.45) is 5.92 Å². The quantitative estimate of drug-likeness (QED) is 0.596.